The second kappa shape index (κ2) is 14.7. The number of nitrogen functional groups attached to an aromatic ring is 1. The molecule has 4 aliphatic heterocycles. The van der Waals surface area contributed by atoms with Gasteiger partial charge in [0.15, 0.2) is 21.4 Å². The molecule has 0 aliphatic carbocycles. The molecule has 0 bridgehead atoms. The van der Waals surface area contributed by atoms with Gasteiger partial charge in [-0.2, -0.15) is 0 Å². The van der Waals surface area contributed by atoms with Crippen LogP contribution in [0, 0.1) is 0 Å². The van der Waals surface area contributed by atoms with Crippen LogP contribution in [0.15, 0.2) is 97.1 Å². The molecule has 0 unspecified atom stereocenters. The number of benzene rings is 4. The fourth-order valence-electron chi connectivity index (χ4n) is 7.76. The number of carbonyl (C=O) groups excluding carboxylic acids is 4. The summed E-state index contributed by atoms with van der Waals surface area (Å²) in [6.45, 7) is 2.24. The van der Waals surface area contributed by atoms with Gasteiger partial charge >= 0.3 is 0 Å². The molecule has 2 spiro atoms. The van der Waals surface area contributed by atoms with E-state index in [-0.39, 0.29) is 35.6 Å². The van der Waals surface area contributed by atoms with Crippen LogP contribution in [0.3, 0.4) is 0 Å². The number of sulfone groups is 1. The smallest absolute Gasteiger partial charge is 0.253 e. The zero-order valence-corrected chi connectivity index (χ0v) is 31.0. The Labute approximate surface area is 315 Å². The van der Waals surface area contributed by atoms with Crippen LogP contribution >= 0.6 is 0 Å². The molecule has 54 heavy (non-hydrogen) atoms. The highest BCUT2D eigenvalue weighted by atomic mass is 32.2. The van der Waals surface area contributed by atoms with Gasteiger partial charge in [-0.3, -0.25) is 19.2 Å². The van der Waals surface area contributed by atoms with Gasteiger partial charge in [0.25, 0.3) is 11.8 Å². The number of fused-ring (bicyclic) bond motifs is 2. The first-order valence-corrected chi connectivity index (χ1v) is 20.2. The molecule has 2 saturated heterocycles. The third-order valence-corrected chi connectivity index (χ3v) is 11.5. The number of likely N-dealkylation sites (tertiary alicyclic amines) is 2. The van der Waals surface area contributed by atoms with E-state index < -0.39 is 21.0 Å². The van der Waals surface area contributed by atoms with Crippen molar-refractivity contribution in [2.45, 2.75) is 55.5 Å². The van der Waals surface area contributed by atoms with Gasteiger partial charge in [-0.15, -0.1) is 0 Å². The molecule has 4 aliphatic rings. The number of nitrogens with two attached hydrogens (primary N) is 1. The van der Waals surface area contributed by atoms with Gasteiger partial charge in [0.1, 0.15) is 22.7 Å². The minimum absolute atomic E-state index is 0.00611. The predicted molar refractivity (Wildman–Crippen MR) is 204 cm³/mol. The summed E-state index contributed by atoms with van der Waals surface area (Å²) in [5.74, 6) is 1.06. The fraction of sp³-hybridized carbons (Fsp3) is 0.333. The van der Waals surface area contributed by atoms with Crippen LogP contribution in [0.2, 0.25) is 0 Å². The SMILES string of the molecule is CS(=O)(=O)Cc1ccc2c(c1)C(=O)CC1(CCN(C(=O)c3ccccc3)CC1)O2.Nc1ccc2c(c1)C(=O)CC1(CCN(C(=O)c3ccccc3)CC1)O2. The summed E-state index contributed by atoms with van der Waals surface area (Å²) in [6.07, 6.45) is 4.24. The van der Waals surface area contributed by atoms with Crippen molar-refractivity contribution in [3.8, 4) is 11.5 Å². The summed E-state index contributed by atoms with van der Waals surface area (Å²) < 4.78 is 35.5. The number of hydrogen-bond acceptors (Lipinski definition) is 9. The monoisotopic (exact) mass is 749 g/mol. The summed E-state index contributed by atoms with van der Waals surface area (Å²) in [5, 5.41) is 0. The topological polar surface area (TPSA) is 153 Å². The fourth-order valence-corrected chi connectivity index (χ4v) is 8.55. The zero-order chi connectivity index (χ0) is 38.1. The average molecular weight is 750 g/mol. The number of Topliss-reactive ketones (excluding diaryl/α,β-unsaturated/α-hetero) is 2. The van der Waals surface area contributed by atoms with Crippen LogP contribution in [0.5, 0.6) is 11.5 Å². The molecule has 4 heterocycles. The Morgan fingerprint density at radius 1 is 0.648 bits per heavy atom. The van der Waals surface area contributed by atoms with Gasteiger partial charge in [0.2, 0.25) is 0 Å². The van der Waals surface area contributed by atoms with Crippen molar-refractivity contribution < 1.29 is 37.1 Å². The van der Waals surface area contributed by atoms with Crippen LogP contribution in [0.1, 0.15) is 85.5 Å². The molecule has 0 radical (unpaired) electrons. The lowest BCUT2D eigenvalue weighted by atomic mass is 9.82. The quantitative estimate of drug-likeness (QED) is 0.256. The van der Waals surface area contributed by atoms with E-state index in [1.807, 2.05) is 53.4 Å². The molecule has 8 rings (SSSR count). The van der Waals surface area contributed by atoms with Gasteiger partial charge in [0.05, 0.1) is 29.7 Å². The van der Waals surface area contributed by atoms with E-state index in [0.717, 1.165) is 0 Å². The maximum atomic E-state index is 12.8. The zero-order valence-electron chi connectivity index (χ0n) is 30.2. The second-order valence-corrected chi connectivity index (χ2v) is 16.9. The number of amides is 2. The van der Waals surface area contributed by atoms with Gasteiger partial charge in [-0.1, -0.05) is 42.5 Å². The highest BCUT2D eigenvalue weighted by Crippen LogP contribution is 2.41. The first-order chi connectivity index (χ1) is 25.8. The van der Waals surface area contributed by atoms with Crippen molar-refractivity contribution in [3.05, 3.63) is 125 Å². The average Bonchev–Trinajstić information content (AvgIpc) is 3.16. The number of piperidine rings is 2. The standard InChI is InChI=1S/C22H23NO5S.C20H20N2O3/c1-29(26,27)15-16-7-8-20-18(13-16)19(24)14-22(28-20)9-11-23(12-10-22)21(25)17-5-3-2-4-6-17;21-15-6-7-18-16(12-15)17(23)13-20(25-18)8-10-22(11-9-20)19(24)14-4-2-1-3-5-14/h2-8,13H,9-12,14-15H2,1H3;1-7,12H,8-11,13,21H2. The van der Waals surface area contributed by atoms with Crippen molar-refractivity contribution in [2.24, 2.45) is 0 Å². The number of anilines is 1. The largest absolute Gasteiger partial charge is 0.486 e. The summed E-state index contributed by atoms with van der Waals surface area (Å²) in [7, 11) is -3.17. The van der Waals surface area contributed by atoms with E-state index in [1.165, 1.54) is 6.26 Å². The molecule has 2 amide bonds. The van der Waals surface area contributed by atoms with E-state index in [2.05, 4.69) is 0 Å². The van der Waals surface area contributed by atoms with Crippen LogP contribution in [-0.4, -0.2) is 85.2 Å². The molecule has 0 aromatic heterocycles. The van der Waals surface area contributed by atoms with Crippen molar-refractivity contribution in [2.75, 3.05) is 38.2 Å². The van der Waals surface area contributed by atoms with Gasteiger partial charge in [0, 0.05) is 74.9 Å². The molecule has 0 saturated carbocycles. The highest BCUT2D eigenvalue weighted by Gasteiger charge is 2.45. The predicted octanol–water partition coefficient (Wildman–Crippen LogP) is 5.78. The molecular formula is C42H43N3O8S. The Kier molecular flexibility index (Phi) is 10.1. The highest BCUT2D eigenvalue weighted by molar-refractivity contribution is 7.89. The Balaban J connectivity index is 0.000000168. The third kappa shape index (κ3) is 8.03. The Bertz CT molecular complexity index is 2190. The summed E-state index contributed by atoms with van der Waals surface area (Å²) in [4.78, 5) is 54.2. The molecule has 0 atom stereocenters. The lowest BCUT2D eigenvalue weighted by Crippen LogP contribution is -2.52. The number of carbonyl (C=O) groups is 4. The number of nitrogens with zero attached hydrogens (tertiary/aromatic N) is 2. The molecule has 2 N–H and O–H groups in total. The first kappa shape index (κ1) is 36.9. The number of hydrogen-bond donors (Lipinski definition) is 1. The molecule has 4 aromatic rings. The Morgan fingerprint density at radius 3 is 1.52 bits per heavy atom. The second-order valence-electron chi connectivity index (χ2n) is 14.7. The van der Waals surface area contributed by atoms with Gasteiger partial charge in [-0.25, -0.2) is 8.42 Å². The van der Waals surface area contributed by atoms with Crippen LogP contribution < -0.4 is 15.2 Å². The minimum atomic E-state index is -3.17. The summed E-state index contributed by atoms with van der Waals surface area (Å²) in [6, 6.07) is 28.7. The lowest BCUT2D eigenvalue weighted by Gasteiger charge is -2.44. The van der Waals surface area contributed by atoms with Crippen molar-refractivity contribution >= 4 is 38.9 Å². The molecule has 12 heteroatoms. The van der Waals surface area contributed by atoms with Crippen LogP contribution in [0.25, 0.3) is 0 Å². The van der Waals surface area contributed by atoms with E-state index >= 15 is 0 Å². The molecule has 11 nitrogen and oxygen atoms in total. The Hall–Kier alpha value is -5.49. The summed E-state index contributed by atoms with van der Waals surface area (Å²) >= 11 is 0. The minimum Gasteiger partial charge on any atom is -0.486 e. The molecule has 280 valence electrons. The van der Waals surface area contributed by atoms with Crippen LogP contribution in [0.4, 0.5) is 5.69 Å². The van der Waals surface area contributed by atoms with E-state index in [4.69, 9.17) is 15.2 Å². The van der Waals surface area contributed by atoms with Gasteiger partial charge < -0.3 is 25.0 Å². The Morgan fingerprint density at radius 2 is 1.07 bits per heavy atom. The lowest BCUT2D eigenvalue weighted by molar-refractivity contribution is -0.00677. The first-order valence-electron chi connectivity index (χ1n) is 18.1. The van der Waals surface area contributed by atoms with Crippen LogP contribution in [-0.2, 0) is 15.6 Å². The third-order valence-electron chi connectivity index (χ3n) is 10.7. The van der Waals surface area contributed by atoms with Crippen molar-refractivity contribution in [1.82, 2.24) is 9.80 Å². The molecule has 4 aromatic carbocycles. The van der Waals surface area contributed by atoms with E-state index in [0.29, 0.717) is 103 Å². The summed E-state index contributed by atoms with van der Waals surface area (Å²) in [5.41, 5.74) is 8.17. The maximum absolute atomic E-state index is 12.8. The number of rotatable bonds is 4. The van der Waals surface area contributed by atoms with Crippen molar-refractivity contribution in [1.29, 1.82) is 0 Å². The molecule has 2 fully saturated rings. The van der Waals surface area contributed by atoms with Gasteiger partial charge in [-0.05, 0) is 60.2 Å². The number of ketones is 2. The normalized spacial score (nSPS) is 18.4. The number of ether oxygens (including phenoxy) is 2. The molecular weight excluding hydrogens is 707 g/mol. The van der Waals surface area contributed by atoms with E-state index in [1.54, 1.807) is 53.4 Å². The van der Waals surface area contributed by atoms with Crippen molar-refractivity contribution in [3.63, 3.8) is 0 Å². The maximum Gasteiger partial charge on any atom is 0.253 e. The van der Waals surface area contributed by atoms with E-state index in [9.17, 15) is 27.6 Å².